The van der Waals surface area contributed by atoms with Gasteiger partial charge in [0.2, 0.25) is 5.91 Å². The summed E-state index contributed by atoms with van der Waals surface area (Å²) < 4.78 is 2.03. The molecule has 1 heterocycles. The molecule has 1 fully saturated rings. The van der Waals surface area contributed by atoms with E-state index in [1.165, 1.54) is 11.8 Å². The third kappa shape index (κ3) is 4.33. The first-order valence-electron chi connectivity index (χ1n) is 9.43. The molecule has 1 aliphatic rings. The van der Waals surface area contributed by atoms with Crippen molar-refractivity contribution in [3.63, 3.8) is 0 Å². The molecule has 0 bridgehead atoms. The fourth-order valence-electron chi connectivity index (χ4n) is 3.56. The molecule has 142 valence electrons. The molecule has 1 N–H and O–H groups in total. The quantitative estimate of drug-likeness (QED) is 0.769. The number of aryl methyl sites for hydroxylation is 1. The summed E-state index contributed by atoms with van der Waals surface area (Å²) in [5, 5.41) is 21.8. The van der Waals surface area contributed by atoms with Crippen molar-refractivity contribution in [2.75, 3.05) is 5.75 Å². The molecular weight excluding hydrogens is 358 g/mol. The summed E-state index contributed by atoms with van der Waals surface area (Å²) in [6.45, 7) is 4.82. The summed E-state index contributed by atoms with van der Waals surface area (Å²) >= 11 is 1.37. The first kappa shape index (κ1) is 19.4. The lowest BCUT2D eigenvalue weighted by molar-refractivity contribution is -0.120. The standard InChI is InChI=1S/C20H25N5OS/c1-3-25-18(16-10-6-5-9-15(16)2)23-24-19(25)27-13-17(26)22-20(14-21)11-7-4-8-12-20/h5-6,9-10H,3-4,7-8,11-13H2,1-2H3,(H,22,26). The Kier molecular flexibility index (Phi) is 6.17. The molecule has 1 aromatic heterocycles. The first-order valence-corrected chi connectivity index (χ1v) is 10.4. The minimum Gasteiger partial charge on any atom is -0.337 e. The van der Waals surface area contributed by atoms with Crippen LogP contribution in [0.15, 0.2) is 29.4 Å². The van der Waals surface area contributed by atoms with Gasteiger partial charge in [-0.15, -0.1) is 10.2 Å². The number of aromatic nitrogens is 3. The van der Waals surface area contributed by atoms with Gasteiger partial charge in [-0.1, -0.05) is 55.3 Å². The second kappa shape index (κ2) is 8.57. The van der Waals surface area contributed by atoms with Crippen LogP contribution in [-0.4, -0.2) is 32.0 Å². The van der Waals surface area contributed by atoms with E-state index in [4.69, 9.17) is 0 Å². The smallest absolute Gasteiger partial charge is 0.231 e. The topological polar surface area (TPSA) is 83.6 Å². The molecule has 0 saturated heterocycles. The van der Waals surface area contributed by atoms with E-state index < -0.39 is 5.54 Å². The van der Waals surface area contributed by atoms with Crippen LogP contribution in [0.5, 0.6) is 0 Å². The van der Waals surface area contributed by atoms with E-state index >= 15 is 0 Å². The third-order valence-electron chi connectivity index (χ3n) is 5.05. The number of carbonyl (C=O) groups excluding carboxylic acids is 1. The van der Waals surface area contributed by atoms with Crippen molar-refractivity contribution in [2.45, 2.75) is 63.2 Å². The van der Waals surface area contributed by atoms with Gasteiger partial charge in [0.05, 0.1) is 11.8 Å². The Labute approximate surface area is 164 Å². The lowest BCUT2D eigenvalue weighted by atomic mass is 9.83. The average molecular weight is 384 g/mol. The molecule has 1 saturated carbocycles. The Morgan fingerprint density at radius 1 is 1.30 bits per heavy atom. The highest BCUT2D eigenvalue weighted by Crippen LogP contribution is 2.29. The number of amides is 1. The number of hydrogen-bond donors (Lipinski definition) is 1. The van der Waals surface area contributed by atoms with Crippen molar-refractivity contribution >= 4 is 17.7 Å². The van der Waals surface area contributed by atoms with Crippen LogP contribution in [0.25, 0.3) is 11.4 Å². The van der Waals surface area contributed by atoms with E-state index in [0.717, 1.165) is 60.8 Å². The molecule has 1 aromatic carbocycles. The Hall–Kier alpha value is -2.33. The zero-order valence-electron chi connectivity index (χ0n) is 15.9. The van der Waals surface area contributed by atoms with Gasteiger partial charge in [-0.3, -0.25) is 4.79 Å². The van der Waals surface area contributed by atoms with E-state index in [9.17, 15) is 10.1 Å². The molecule has 7 heteroatoms. The predicted octanol–water partition coefficient (Wildman–Crippen LogP) is 3.71. The maximum Gasteiger partial charge on any atom is 0.231 e. The molecule has 0 atom stereocenters. The third-order valence-corrected chi connectivity index (χ3v) is 6.02. The van der Waals surface area contributed by atoms with Gasteiger partial charge in [-0.05, 0) is 32.3 Å². The van der Waals surface area contributed by atoms with Crippen molar-refractivity contribution in [3.05, 3.63) is 29.8 Å². The number of nitrogens with zero attached hydrogens (tertiary/aromatic N) is 4. The van der Waals surface area contributed by atoms with Gasteiger partial charge in [-0.2, -0.15) is 5.26 Å². The number of rotatable bonds is 6. The van der Waals surface area contributed by atoms with Crippen molar-refractivity contribution in [1.82, 2.24) is 20.1 Å². The zero-order chi connectivity index (χ0) is 19.3. The molecule has 2 aromatic rings. The highest BCUT2D eigenvalue weighted by Gasteiger charge is 2.33. The summed E-state index contributed by atoms with van der Waals surface area (Å²) in [7, 11) is 0. The van der Waals surface area contributed by atoms with Gasteiger partial charge in [0.1, 0.15) is 5.54 Å². The molecule has 0 spiro atoms. The summed E-state index contributed by atoms with van der Waals surface area (Å²) in [6.07, 6.45) is 4.59. The van der Waals surface area contributed by atoms with Gasteiger partial charge in [0, 0.05) is 12.1 Å². The first-order chi connectivity index (χ1) is 13.1. The number of benzene rings is 1. The SMILES string of the molecule is CCn1c(SCC(=O)NC2(C#N)CCCCC2)nnc1-c1ccccc1C. The molecule has 0 radical (unpaired) electrons. The number of nitriles is 1. The van der Waals surface area contributed by atoms with Crippen LogP contribution in [0.2, 0.25) is 0 Å². The molecule has 1 aliphatic carbocycles. The lowest BCUT2D eigenvalue weighted by Gasteiger charge is -2.31. The van der Waals surface area contributed by atoms with Crippen LogP contribution in [-0.2, 0) is 11.3 Å². The maximum absolute atomic E-state index is 12.4. The number of hydrogen-bond acceptors (Lipinski definition) is 5. The summed E-state index contributed by atoms with van der Waals surface area (Å²) in [4.78, 5) is 12.4. The Balaban J connectivity index is 1.69. The number of thioether (sulfide) groups is 1. The summed E-state index contributed by atoms with van der Waals surface area (Å²) in [5.41, 5.74) is 1.50. The normalized spacial score (nSPS) is 15.9. The van der Waals surface area contributed by atoms with Crippen LogP contribution in [0.1, 0.15) is 44.6 Å². The van der Waals surface area contributed by atoms with E-state index in [-0.39, 0.29) is 11.7 Å². The number of nitrogens with one attached hydrogen (secondary N) is 1. The molecule has 0 aliphatic heterocycles. The van der Waals surface area contributed by atoms with Gasteiger partial charge in [-0.25, -0.2) is 0 Å². The lowest BCUT2D eigenvalue weighted by Crippen LogP contribution is -2.49. The van der Waals surface area contributed by atoms with E-state index in [1.54, 1.807) is 0 Å². The fourth-order valence-corrected chi connectivity index (χ4v) is 4.36. The van der Waals surface area contributed by atoms with E-state index in [1.807, 2.05) is 29.7 Å². The Morgan fingerprint density at radius 3 is 2.70 bits per heavy atom. The largest absolute Gasteiger partial charge is 0.337 e. The highest BCUT2D eigenvalue weighted by atomic mass is 32.2. The summed E-state index contributed by atoms with van der Waals surface area (Å²) in [6, 6.07) is 10.4. The zero-order valence-corrected chi connectivity index (χ0v) is 16.7. The predicted molar refractivity (Wildman–Crippen MR) is 106 cm³/mol. The second-order valence-corrected chi connectivity index (χ2v) is 7.90. The Morgan fingerprint density at radius 2 is 2.04 bits per heavy atom. The highest BCUT2D eigenvalue weighted by molar-refractivity contribution is 7.99. The maximum atomic E-state index is 12.4. The van der Waals surface area contributed by atoms with Gasteiger partial charge < -0.3 is 9.88 Å². The van der Waals surface area contributed by atoms with Crippen LogP contribution >= 0.6 is 11.8 Å². The number of carbonyl (C=O) groups is 1. The van der Waals surface area contributed by atoms with Crippen LogP contribution in [0, 0.1) is 18.3 Å². The molecule has 1 amide bonds. The Bertz CT molecular complexity index is 848. The van der Waals surface area contributed by atoms with Crippen molar-refractivity contribution in [3.8, 4) is 17.5 Å². The van der Waals surface area contributed by atoms with Gasteiger partial charge in [0.25, 0.3) is 0 Å². The average Bonchev–Trinajstić information content (AvgIpc) is 3.10. The second-order valence-electron chi connectivity index (χ2n) is 6.96. The monoisotopic (exact) mass is 383 g/mol. The van der Waals surface area contributed by atoms with Gasteiger partial charge >= 0.3 is 0 Å². The van der Waals surface area contributed by atoms with Crippen LogP contribution in [0.4, 0.5) is 0 Å². The fraction of sp³-hybridized carbons (Fsp3) is 0.500. The van der Waals surface area contributed by atoms with E-state index in [2.05, 4.69) is 34.6 Å². The molecular formula is C20H25N5OS. The minimum absolute atomic E-state index is 0.119. The van der Waals surface area contributed by atoms with Crippen LogP contribution < -0.4 is 5.32 Å². The van der Waals surface area contributed by atoms with Crippen molar-refractivity contribution < 1.29 is 4.79 Å². The molecule has 27 heavy (non-hydrogen) atoms. The van der Waals surface area contributed by atoms with Gasteiger partial charge in [0.15, 0.2) is 11.0 Å². The molecule has 0 unspecified atom stereocenters. The minimum atomic E-state index is -0.694. The van der Waals surface area contributed by atoms with Crippen LogP contribution in [0.3, 0.4) is 0 Å². The van der Waals surface area contributed by atoms with Crippen molar-refractivity contribution in [2.24, 2.45) is 0 Å². The van der Waals surface area contributed by atoms with Crippen molar-refractivity contribution in [1.29, 1.82) is 5.26 Å². The molecule has 6 nitrogen and oxygen atoms in total. The van der Waals surface area contributed by atoms with E-state index in [0.29, 0.717) is 0 Å². The summed E-state index contributed by atoms with van der Waals surface area (Å²) in [5.74, 6) is 0.931. The molecule has 3 rings (SSSR count).